The minimum Gasteiger partial charge on any atom is -0.208 e. The Hall–Kier alpha value is -9.30. The molecule has 4 nitrogen and oxygen atoms in total. The van der Waals surface area contributed by atoms with E-state index in [0.717, 1.165) is 66.8 Å². The van der Waals surface area contributed by atoms with E-state index in [-0.39, 0.29) is 0 Å². The summed E-state index contributed by atoms with van der Waals surface area (Å²) in [5.41, 5.74) is 13.6. The number of fused-ring (bicyclic) bond motifs is 4. The zero-order valence-corrected chi connectivity index (χ0v) is 36.9. The second-order valence-electron chi connectivity index (χ2n) is 17.0. The van der Waals surface area contributed by atoms with Gasteiger partial charge in [-0.3, -0.25) is 0 Å². The van der Waals surface area contributed by atoms with Crippen LogP contribution in [0.2, 0.25) is 0 Å². The van der Waals surface area contributed by atoms with Crippen LogP contribution in [0.25, 0.3) is 122 Å². The Morgan fingerprint density at radius 2 is 0.779 bits per heavy atom. The van der Waals surface area contributed by atoms with Crippen LogP contribution in [0, 0.1) is 11.3 Å². The summed E-state index contributed by atoms with van der Waals surface area (Å²) in [6, 6.07) is 87.0. The molecule has 12 rings (SSSR count). The van der Waals surface area contributed by atoms with E-state index in [2.05, 4.69) is 188 Å². The van der Waals surface area contributed by atoms with Gasteiger partial charge in [0.05, 0.1) is 11.6 Å². The Balaban J connectivity index is 0.960. The number of aromatic nitrogens is 3. The summed E-state index contributed by atoms with van der Waals surface area (Å²) < 4.78 is 0. The zero-order valence-electron chi connectivity index (χ0n) is 36.9. The van der Waals surface area contributed by atoms with Crippen LogP contribution in [-0.4, -0.2) is 15.0 Å². The third kappa shape index (κ3) is 7.35. The predicted molar refractivity (Wildman–Crippen MR) is 281 cm³/mol. The Morgan fingerprint density at radius 3 is 1.54 bits per heavy atom. The van der Waals surface area contributed by atoms with Crippen molar-refractivity contribution in [1.82, 2.24) is 15.0 Å². The molecule has 0 amide bonds. The average molecular weight is 865 g/mol. The van der Waals surface area contributed by atoms with Gasteiger partial charge >= 0.3 is 0 Å². The number of benzene rings is 11. The molecule has 0 aliphatic heterocycles. The smallest absolute Gasteiger partial charge is 0.164 e. The molecule has 0 aliphatic rings. The van der Waals surface area contributed by atoms with Crippen LogP contribution in [-0.2, 0) is 0 Å². The molecule has 0 saturated heterocycles. The van der Waals surface area contributed by atoms with Crippen molar-refractivity contribution in [2.75, 3.05) is 0 Å². The molecule has 4 heteroatoms. The SMILES string of the molecule is N#Cc1cccc(-c2ccccc2-c2ccc(-c3cc4ccccc4c4ccccc34)cc2)c1-c1cccc(-c2nc(-c3ccccc3)nc(-c3ccccc3-c3ccc4ccccc4c3)n2)c1. The van der Waals surface area contributed by atoms with Gasteiger partial charge in [-0.2, -0.15) is 5.26 Å². The third-order valence-corrected chi connectivity index (χ3v) is 13.0. The number of hydrogen-bond donors (Lipinski definition) is 0. The molecule has 0 spiro atoms. The minimum atomic E-state index is 0.541. The minimum absolute atomic E-state index is 0.541. The molecule has 0 aliphatic carbocycles. The van der Waals surface area contributed by atoms with E-state index in [1.54, 1.807) is 0 Å². The summed E-state index contributed by atoms with van der Waals surface area (Å²) in [7, 11) is 0. The molecule has 0 atom stereocenters. The van der Waals surface area contributed by atoms with Gasteiger partial charge in [0.2, 0.25) is 0 Å². The van der Waals surface area contributed by atoms with Crippen molar-refractivity contribution in [1.29, 1.82) is 5.26 Å². The Labute approximate surface area is 394 Å². The first-order valence-electron chi connectivity index (χ1n) is 22.8. The van der Waals surface area contributed by atoms with Gasteiger partial charge in [-0.05, 0) is 107 Å². The number of nitrogens with zero attached hydrogens (tertiary/aromatic N) is 4. The van der Waals surface area contributed by atoms with Crippen molar-refractivity contribution in [2.24, 2.45) is 0 Å². The van der Waals surface area contributed by atoms with Crippen molar-refractivity contribution < 1.29 is 0 Å². The first kappa shape index (κ1) is 40.2. The van der Waals surface area contributed by atoms with E-state index < -0.39 is 0 Å². The van der Waals surface area contributed by atoms with Crippen LogP contribution in [0.5, 0.6) is 0 Å². The molecular formula is C64H40N4. The molecular weight excluding hydrogens is 825 g/mol. The first-order valence-corrected chi connectivity index (χ1v) is 22.8. The molecule has 0 saturated carbocycles. The summed E-state index contributed by atoms with van der Waals surface area (Å²) in [4.78, 5) is 15.5. The van der Waals surface area contributed by atoms with Gasteiger partial charge in [-0.15, -0.1) is 0 Å². The molecule has 0 N–H and O–H groups in total. The fourth-order valence-corrected chi connectivity index (χ4v) is 9.72. The second-order valence-corrected chi connectivity index (χ2v) is 17.0. The summed E-state index contributed by atoms with van der Waals surface area (Å²) in [6.07, 6.45) is 0. The second kappa shape index (κ2) is 17.2. The largest absolute Gasteiger partial charge is 0.208 e. The van der Waals surface area contributed by atoms with Gasteiger partial charge in [0.25, 0.3) is 0 Å². The lowest BCUT2D eigenvalue weighted by molar-refractivity contribution is 1.07. The van der Waals surface area contributed by atoms with E-state index in [1.165, 1.54) is 37.9 Å². The first-order chi connectivity index (χ1) is 33.7. The molecule has 0 bridgehead atoms. The standard InChI is InChI=1S/C64H40N4/c65-41-51-23-15-31-58(56-28-10-8-24-52(56)43-33-35-44(36-34-43)60-40-47-20-6-7-25-53(47)55-27-11-12-29-57(55)60)61(51)49-21-14-22-50(39-49)63-66-62(45-17-2-1-3-18-45)67-64(68-63)59-30-13-9-26-54(59)48-37-32-42-16-4-5-19-46(42)38-48/h1-40H. The molecule has 316 valence electrons. The molecule has 0 radical (unpaired) electrons. The monoisotopic (exact) mass is 864 g/mol. The normalized spacial score (nSPS) is 11.2. The highest BCUT2D eigenvalue weighted by Crippen LogP contribution is 2.42. The molecule has 12 aromatic rings. The Bertz CT molecular complexity index is 3920. The van der Waals surface area contributed by atoms with Crippen molar-refractivity contribution in [3.63, 3.8) is 0 Å². The maximum atomic E-state index is 10.7. The summed E-state index contributed by atoms with van der Waals surface area (Å²) in [5, 5.41) is 18.0. The van der Waals surface area contributed by atoms with E-state index in [1.807, 2.05) is 60.7 Å². The fraction of sp³-hybridized carbons (Fsp3) is 0. The summed E-state index contributed by atoms with van der Waals surface area (Å²) in [5.74, 6) is 1.70. The zero-order chi connectivity index (χ0) is 45.4. The van der Waals surface area contributed by atoms with Gasteiger partial charge in [0.15, 0.2) is 17.5 Å². The van der Waals surface area contributed by atoms with Crippen LogP contribution in [0.3, 0.4) is 0 Å². The lowest BCUT2D eigenvalue weighted by Gasteiger charge is -2.17. The predicted octanol–water partition coefficient (Wildman–Crippen LogP) is 16.5. The molecule has 11 aromatic carbocycles. The maximum absolute atomic E-state index is 10.7. The lowest BCUT2D eigenvalue weighted by atomic mass is 9.86. The summed E-state index contributed by atoms with van der Waals surface area (Å²) in [6.45, 7) is 0. The van der Waals surface area contributed by atoms with Crippen molar-refractivity contribution >= 4 is 32.3 Å². The van der Waals surface area contributed by atoms with Gasteiger partial charge in [0, 0.05) is 22.3 Å². The van der Waals surface area contributed by atoms with Gasteiger partial charge < -0.3 is 0 Å². The van der Waals surface area contributed by atoms with Gasteiger partial charge in [0.1, 0.15) is 0 Å². The highest BCUT2D eigenvalue weighted by Gasteiger charge is 2.20. The highest BCUT2D eigenvalue weighted by molar-refractivity contribution is 6.14. The molecule has 0 fully saturated rings. The Kier molecular flexibility index (Phi) is 10.2. The number of rotatable bonds is 8. The van der Waals surface area contributed by atoms with E-state index >= 15 is 0 Å². The topological polar surface area (TPSA) is 62.5 Å². The number of hydrogen-bond acceptors (Lipinski definition) is 4. The molecule has 68 heavy (non-hydrogen) atoms. The van der Waals surface area contributed by atoms with Crippen LogP contribution in [0.15, 0.2) is 243 Å². The van der Waals surface area contributed by atoms with E-state index in [9.17, 15) is 5.26 Å². The molecule has 1 aromatic heterocycles. The van der Waals surface area contributed by atoms with Crippen LogP contribution >= 0.6 is 0 Å². The van der Waals surface area contributed by atoms with Crippen molar-refractivity contribution in [3.05, 3.63) is 248 Å². The van der Waals surface area contributed by atoms with E-state index in [4.69, 9.17) is 15.0 Å². The van der Waals surface area contributed by atoms with Crippen LogP contribution < -0.4 is 0 Å². The van der Waals surface area contributed by atoms with Crippen molar-refractivity contribution in [3.8, 4) is 95.9 Å². The maximum Gasteiger partial charge on any atom is 0.164 e. The van der Waals surface area contributed by atoms with Crippen LogP contribution in [0.1, 0.15) is 5.56 Å². The molecule has 0 unspecified atom stereocenters. The van der Waals surface area contributed by atoms with Crippen LogP contribution in [0.4, 0.5) is 0 Å². The summed E-state index contributed by atoms with van der Waals surface area (Å²) >= 11 is 0. The quantitative estimate of drug-likeness (QED) is 0.143. The highest BCUT2D eigenvalue weighted by atomic mass is 15.0. The average Bonchev–Trinajstić information content (AvgIpc) is 3.42. The fourth-order valence-electron chi connectivity index (χ4n) is 9.72. The molecule has 1 heterocycles. The van der Waals surface area contributed by atoms with Gasteiger partial charge in [-0.25, -0.2) is 15.0 Å². The van der Waals surface area contributed by atoms with E-state index in [0.29, 0.717) is 23.0 Å². The van der Waals surface area contributed by atoms with Gasteiger partial charge in [-0.1, -0.05) is 218 Å². The Morgan fingerprint density at radius 1 is 0.265 bits per heavy atom. The number of nitriles is 1. The third-order valence-electron chi connectivity index (χ3n) is 13.0. The van der Waals surface area contributed by atoms with Crippen molar-refractivity contribution in [2.45, 2.75) is 0 Å². The lowest BCUT2D eigenvalue weighted by Crippen LogP contribution is -2.01.